The molecule has 3 aromatic rings. The molecule has 1 aromatic heterocycles. The molecular weight excluding hydrogens is 341 g/mol. The van der Waals surface area contributed by atoms with Crippen molar-refractivity contribution in [2.45, 2.75) is 51.2 Å². The third kappa shape index (κ3) is 4.08. The first-order valence-corrected chi connectivity index (χ1v) is 9.66. The number of nitrogens with zero attached hydrogens (tertiary/aromatic N) is 2. The summed E-state index contributed by atoms with van der Waals surface area (Å²) in [6.07, 6.45) is 5.86. The van der Waals surface area contributed by atoms with Crippen LogP contribution in [0.15, 0.2) is 53.3 Å². The Morgan fingerprint density at radius 1 is 1.00 bits per heavy atom. The summed E-state index contributed by atoms with van der Waals surface area (Å²) in [6.45, 7) is 1.03. The van der Waals surface area contributed by atoms with Crippen LogP contribution in [0.5, 0.6) is 0 Å². The maximum Gasteiger partial charge on any atom is 0.258 e. The van der Waals surface area contributed by atoms with E-state index in [4.69, 9.17) is 0 Å². The van der Waals surface area contributed by atoms with E-state index in [1.54, 1.807) is 12.1 Å². The van der Waals surface area contributed by atoms with Crippen LogP contribution in [0.1, 0.15) is 43.5 Å². The molecule has 4 nitrogen and oxygen atoms in total. The molecule has 0 spiro atoms. The molecule has 0 aliphatic heterocycles. The van der Waals surface area contributed by atoms with E-state index in [1.807, 2.05) is 30.3 Å². The minimum absolute atomic E-state index is 0.120. The Morgan fingerprint density at radius 3 is 2.56 bits per heavy atom. The number of rotatable bonds is 5. The number of aromatic nitrogens is 2. The van der Waals surface area contributed by atoms with Crippen LogP contribution in [0.4, 0.5) is 4.39 Å². The van der Waals surface area contributed by atoms with Crippen molar-refractivity contribution in [3.63, 3.8) is 0 Å². The van der Waals surface area contributed by atoms with Crippen LogP contribution >= 0.6 is 0 Å². The highest BCUT2D eigenvalue weighted by molar-refractivity contribution is 5.77. The van der Waals surface area contributed by atoms with Crippen LogP contribution in [0.25, 0.3) is 10.9 Å². The van der Waals surface area contributed by atoms with Gasteiger partial charge in [-0.05, 0) is 31.0 Å². The van der Waals surface area contributed by atoms with Crippen LogP contribution in [-0.2, 0) is 13.1 Å². The maximum absolute atomic E-state index is 14.2. The van der Waals surface area contributed by atoms with Gasteiger partial charge < -0.3 is 4.98 Å². The van der Waals surface area contributed by atoms with Crippen molar-refractivity contribution in [3.05, 3.63) is 76.1 Å². The summed E-state index contributed by atoms with van der Waals surface area (Å²) in [6, 6.07) is 14.7. The lowest BCUT2D eigenvalue weighted by atomic mass is 9.93. The van der Waals surface area contributed by atoms with Crippen LogP contribution in [0, 0.1) is 5.82 Å². The fourth-order valence-corrected chi connectivity index (χ4v) is 4.01. The van der Waals surface area contributed by atoms with E-state index in [9.17, 15) is 9.18 Å². The fourth-order valence-electron chi connectivity index (χ4n) is 4.01. The van der Waals surface area contributed by atoms with Crippen molar-refractivity contribution >= 4 is 10.9 Å². The van der Waals surface area contributed by atoms with E-state index in [0.29, 0.717) is 41.4 Å². The van der Waals surface area contributed by atoms with Gasteiger partial charge in [-0.3, -0.25) is 9.69 Å². The van der Waals surface area contributed by atoms with Crippen molar-refractivity contribution < 1.29 is 4.39 Å². The van der Waals surface area contributed by atoms with Crippen LogP contribution < -0.4 is 5.56 Å². The highest BCUT2D eigenvalue weighted by atomic mass is 19.1. The molecule has 0 amide bonds. The molecule has 1 aliphatic rings. The van der Waals surface area contributed by atoms with Crippen molar-refractivity contribution in [2.24, 2.45) is 0 Å². The molecule has 2 aromatic carbocycles. The number of hydrogen-bond donors (Lipinski definition) is 1. The van der Waals surface area contributed by atoms with Gasteiger partial charge in [-0.25, -0.2) is 9.37 Å². The Kier molecular flexibility index (Phi) is 5.30. The highest BCUT2D eigenvalue weighted by Crippen LogP contribution is 2.26. The number of aromatic amines is 1. The molecule has 5 heteroatoms. The molecule has 0 bridgehead atoms. The SMILES string of the molecule is O=c1[nH]c(CN(Cc2ccccc2F)C2CCCCC2)nc2ccccc12. The molecule has 4 rings (SSSR count). The minimum Gasteiger partial charge on any atom is -0.309 e. The van der Waals surface area contributed by atoms with Gasteiger partial charge in [0.1, 0.15) is 11.6 Å². The third-order valence-corrected chi connectivity index (χ3v) is 5.44. The molecule has 1 saturated carbocycles. The smallest absolute Gasteiger partial charge is 0.258 e. The molecule has 1 fully saturated rings. The first kappa shape index (κ1) is 17.9. The van der Waals surface area contributed by atoms with Gasteiger partial charge in [-0.1, -0.05) is 49.6 Å². The summed E-state index contributed by atoms with van der Waals surface area (Å²) in [7, 11) is 0. The molecule has 1 heterocycles. The molecule has 140 valence electrons. The van der Waals surface area contributed by atoms with Gasteiger partial charge >= 0.3 is 0 Å². The van der Waals surface area contributed by atoms with Crippen molar-refractivity contribution in [1.29, 1.82) is 0 Å². The first-order chi connectivity index (χ1) is 13.2. The van der Waals surface area contributed by atoms with Crippen LogP contribution in [0.2, 0.25) is 0 Å². The average molecular weight is 365 g/mol. The third-order valence-electron chi connectivity index (χ3n) is 5.44. The lowest BCUT2D eigenvalue weighted by molar-refractivity contribution is 0.135. The number of fused-ring (bicyclic) bond motifs is 1. The fraction of sp³-hybridized carbons (Fsp3) is 0.364. The van der Waals surface area contributed by atoms with E-state index in [0.717, 1.165) is 12.8 Å². The topological polar surface area (TPSA) is 49.0 Å². The molecule has 0 unspecified atom stereocenters. The molecule has 0 radical (unpaired) electrons. The van der Waals surface area contributed by atoms with Crippen LogP contribution in [-0.4, -0.2) is 20.9 Å². The van der Waals surface area contributed by atoms with Gasteiger partial charge in [0.2, 0.25) is 0 Å². The van der Waals surface area contributed by atoms with Crippen molar-refractivity contribution in [2.75, 3.05) is 0 Å². The van der Waals surface area contributed by atoms with Gasteiger partial charge in [-0.15, -0.1) is 0 Å². The van der Waals surface area contributed by atoms with Gasteiger partial charge in [0.05, 0.1) is 17.4 Å². The minimum atomic E-state index is -0.182. The molecule has 0 saturated heterocycles. The maximum atomic E-state index is 14.2. The van der Waals surface area contributed by atoms with Crippen molar-refractivity contribution in [3.8, 4) is 0 Å². The van der Waals surface area contributed by atoms with Gasteiger partial charge in [0.25, 0.3) is 5.56 Å². The highest BCUT2D eigenvalue weighted by Gasteiger charge is 2.23. The Labute approximate surface area is 158 Å². The molecule has 1 aliphatic carbocycles. The normalized spacial score (nSPS) is 15.5. The Hall–Kier alpha value is -2.53. The standard InChI is InChI=1S/C22H24FN3O/c23-19-12-6-4-8-16(19)14-26(17-9-2-1-3-10-17)15-21-24-20-13-7-5-11-18(20)22(27)25-21/h4-8,11-13,17H,1-3,9-10,14-15H2,(H,24,25,27). The molecule has 0 atom stereocenters. The lowest BCUT2D eigenvalue weighted by Gasteiger charge is -2.34. The molecular formula is C22H24FN3O. The summed E-state index contributed by atoms with van der Waals surface area (Å²) < 4.78 is 14.2. The second-order valence-electron chi connectivity index (χ2n) is 7.32. The van der Waals surface area contributed by atoms with Gasteiger partial charge in [-0.2, -0.15) is 0 Å². The zero-order valence-corrected chi connectivity index (χ0v) is 15.3. The van der Waals surface area contributed by atoms with E-state index >= 15 is 0 Å². The zero-order valence-electron chi connectivity index (χ0n) is 15.3. The van der Waals surface area contributed by atoms with E-state index in [-0.39, 0.29) is 11.4 Å². The number of benzene rings is 2. The molecule has 1 N–H and O–H groups in total. The zero-order chi connectivity index (χ0) is 18.6. The predicted octanol–water partition coefficient (Wildman–Crippen LogP) is 4.40. The Balaban J connectivity index is 1.64. The van der Waals surface area contributed by atoms with E-state index in [1.165, 1.54) is 25.3 Å². The number of halogens is 1. The van der Waals surface area contributed by atoms with Crippen molar-refractivity contribution in [1.82, 2.24) is 14.9 Å². The summed E-state index contributed by atoms with van der Waals surface area (Å²) in [5, 5.41) is 0.597. The number of H-pyrrole nitrogens is 1. The van der Waals surface area contributed by atoms with Gasteiger partial charge in [0, 0.05) is 18.2 Å². The monoisotopic (exact) mass is 365 g/mol. The van der Waals surface area contributed by atoms with E-state index < -0.39 is 0 Å². The number of para-hydroxylation sites is 1. The summed E-state index contributed by atoms with van der Waals surface area (Å²) in [5.41, 5.74) is 1.27. The number of nitrogens with one attached hydrogen (secondary N) is 1. The first-order valence-electron chi connectivity index (χ1n) is 9.66. The Morgan fingerprint density at radius 2 is 1.74 bits per heavy atom. The van der Waals surface area contributed by atoms with Crippen LogP contribution in [0.3, 0.4) is 0 Å². The lowest BCUT2D eigenvalue weighted by Crippen LogP contribution is -2.37. The van der Waals surface area contributed by atoms with E-state index in [2.05, 4.69) is 14.9 Å². The average Bonchev–Trinajstić information content (AvgIpc) is 2.70. The second-order valence-corrected chi connectivity index (χ2v) is 7.32. The predicted molar refractivity (Wildman–Crippen MR) is 105 cm³/mol. The quantitative estimate of drug-likeness (QED) is 0.729. The number of hydrogen-bond acceptors (Lipinski definition) is 3. The molecule has 27 heavy (non-hydrogen) atoms. The van der Waals surface area contributed by atoms with Gasteiger partial charge in [0.15, 0.2) is 0 Å². The summed E-state index contributed by atoms with van der Waals surface area (Å²) in [4.78, 5) is 22.2. The summed E-state index contributed by atoms with van der Waals surface area (Å²) >= 11 is 0. The summed E-state index contributed by atoms with van der Waals surface area (Å²) in [5.74, 6) is 0.457. The largest absolute Gasteiger partial charge is 0.309 e. The Bertz CT molecular complexity index is 978. The second kappa shape index (κ2) is 8.01.